The molecule has 40 heavy (non-hydrogen) atoms. The highest BCUT2D eigenvalue weighted by Gasteiger charge is 2.36. The molecule has 0 aromatic heterocycles. The third-order valence-electron chi connectivity index (χ3n) is 6.52. The summed E-state index contributed by atoms with van der Waals surface area (Å²) in [6, 6.07) is 20.3. The molecule has 2 N–H and O–H groups in total. The lowest BCUT2D eigenvalue weighted by Gasteiger charge is -2.14. The minimum atomic E-state index is -3.97. The second-order valence-corrected chi connectivity index (χ2v) is 11.3. The van der Waals surface area contributed by atoms with Crippen LogP contribution in [0.1, 0.15) is 52.6 Å². The highest BCUT2D eigenvalue weighted by molar-refractivity contribution is 7.91. The number of benzene rings is 4. The molecule has 5 rings (SSSR count). The number of sulfone groups is 1. The molecule has 200 valence electrons. The lowest BCUT2D eigenvalue weighted by Crippen LogP contribution is -2.29. The van der Waals surface area contributed by atoms with E-state index in [-0.39, 0.29) is 32.3 Å². The summed E-state index contributed by atoms with van der Waals surface area (Å²) in [5.74, 6) is -2.83. The molecule has 0 radical (unpaired) electrons. The molecule has 0 saturated heterocycles. The standard InChI is InChI=1S/C30H22N2O7S/c1-17-4-14-24(30(36)37)25(15-17)27(33)31-19-5-9-21(10-6-19)40(38,39)22-11-7-20(8-12-22)32-28(34)23-13-3-18(2)16-26(23)29(32)35/h3-16H,1-2H3,(H,31,33)(H,36,37). The van der Waals surface area contributed by atoms with Gasteiger partial charge in [0.1, 0.15) is 0 Å². The highest BCUT2D eigenvalue weighted by atomic mass is 32.2. The molecule has 3 amide bonds. The van der Waals surface area contributed by atoms with Gasteiger partial charge in [0, 0.05) is 5.69 Å². The van der Waals surface area contributed by atoms with Crippen LogP contribution >= 0.6 is 0 Å². The van der Waals surface area contributed by atoms with Gasteiger partial charge in [0.05, 0.1) is 37.7 Å². The van der Waals surface area contributed by atoms with Gasteiger partial charge >= 0.3 is 5.97 Å². The average molecular weight is 555 g/mol. The SMILES string of the molecule is Cc1ccc(C(=O)O)c(C(=O)Nc2ccc(S(=O)(=O)c3ccc(N4C(=O)c5ccc(C)cc5C4=O)cc3)cc2)c1. The first-order valence-electron chi connectivity index (χ1n) is 12.1. The van der Waals surface area contributed by atoms with E-state index >= 15 is 0 Å². The van der Waals surface area contributed by atoms with Gasteiger partial charge in [-0.25, -0.2) is 18.1 Å². The third kappa shape index (κ3) is 4.65. The van der Waals surface area contributed by atoms with Crippen molar-refractivity contribution in [3.05, 3.63) is 118 Å². The van der Waals surface area contributed by atoms with E-state index in [4.69, 9.17) is 0 Å². The van der Waals surface area contributed by atoms with Gasteiger partial charge in [-0.3, -0.25) is 14.4 Å². The zero-order valence-electron chi connectivity index (χ0n) is 21.3. The number of carbonyl (C=O) groups excluding carboxylic acids is 3. The Labute approximate surface area is 229 Å². The zero-order chi connectivity index (χ0) is 28.8. The molecule has 0 saturated carbocycles. The fourth-order valence-electron chi connectivity index (χ4n) is 4.45. The van der Waals surface area contributed by atoms with Crippen molar-refractivity contribution in [2.24, 2.45) is 0 Å². The molecular weight excluding hydrogens is 532 g/mol. The molecule has 9 nitrogen and oxygen atoms in total. The summed E-state index contributed by atoms with van der Waals surface area (Å²) in [5.41, 5.74) is 2.50. The summed E-state index contributed by atoms with van der Waals surface area (Å²) in [5, 5.41) is 12.0. The van der Waals surface area contributed by atoms with Gasteiger partial charge in [-0.15, -0.1) is 0 Å². The van der Waals surface area contributed by atoms with Gasteiger partial charge in [0.2, 0.25) is 9.84 Å². The Bertz CT molecular complexity index is 1830. The van der Waals surface area contributed by atoms with Crippen LogP contribution in [0.5, 0.6) is 0 Å². The number of fused-ring (bicyclic) bond motifs is 1. The Morgan fingerprint density at radius 1 is 0.700 bits per heavy atom. The zero-order valence-corrected chi connectivity index (χ0v) is 22.2. The Kier molecular flexibility index (Phi) is 6.56. The van der Waals surface area contributed by atoms with E-state index in [1.807, 2.05) is 6.92 Å². The van der Waals surface area contributed by atoms with Crippen molar-refractivity contribution >= 4 is 44.9 Å². The monoisotopic (exact) mass is 554 g/mol. The molecular formula is C30H22N2O7S. The largest absolute Gasteiger partial charge is 0.478 e. The number of hydrogen-bond donors (Lipinski definition) is 2. The molecule has 10 heteroatoms. The van der Waals surface area contributed by atoms with Crippen molar-refractivity contribution in [2.45, 2.75) is 23.6 Å². The summed E-state index contributed by atoms with van der Waals surface area (Å²) in [4.78, 5) is 50.8. The average Bonchev–Trinajstić information content (AvgIpc) is 3.17. The molecule has 4 aromatic carbocycles. The number of carbonyl (C=O) groups is 4. The summed E-state index contributed by atoms with van der Waals surface area (Å²) in [7, 11) is -3.97. The second-order valence-electron chi connectivity index (χ2n) is 9.32. The topological polar surface area (TPSA) is 138 Å². The van der Waals surface area contributed by atoms with Crippen LogP contribution in [-0.4, -0.2) is 37.2 Å². The maximum Gasteiger partial charge on any atom is 0.336 e. The van der Waals surface area contributed by atoms with Crippen molar-refractivity contribution in [3.63, 3.8) is 0 Å². The molecule has 0 atom stereocenters. The number of nitrogens with one attached hydrogen (secondary N) is 1. The van der Waals surface area contributed by atoms with Crippen LogP contribution in [0.3, 0.4) is 0 Å². The Morgan fingerprint density at radius 2 is 1.25 bits per heavy atom. The molecule has 0 aliphatic carbocycles. The minimum absolute atomic E-state index is 0.0162. The first kappa shape index (κ1) is 26.5. The van der Waals surface area contributed by atoms with Gasteiger partial charge in [-0.2, -0.15) is 0 Å². The maximum absolute atomic E-state index is 13.2. The van der Waals surface area contributed by atoms with E-state index in [0.29, 0.717) is 16.7 Å². The van der Waals surface area contributed by atoms with Crippen LogP contribution < -0.4 is 10.2 Å². The molecule has 0 bridgehead atoms. The predicted octanol–water partition coefficient (Wildman–Crippen LogP) is 4.89. The number of nitrogens with zero attached hydrogens (tertiary/aromatic N) is 1. The number of aryl methyl sites for hydroxylation is 2. The Hall–Kier alpha value is -5.09. The number of hydrogen-bond acceptors (Lipinski definition) is 6. The summed E-state index contributed by atoms with van der Waals surface area (Å²) < 4.78 is 26.4. The molecule has 1 heterocycles. The van der Waals surface area contributed by atoms with Gasteiger partial charge in [-0.1, -0.05) is 23.3 Å². The first-order chi connectivity index (χ1) is 19.0. The molecule has 0 fully saturated rings. The highest BCUT2D eigenvalue weighted by Crippen LogP contribution is 2.31. The first-order valence-corrected chi connectivity index (χ1v) is 13.6. The summed E-state index contributed by atoms with van der Waals surface area (Å²) >= 11 is 0. The van der Waals surface area contributed by atoms with E-state index in [0.717, 1.165) is 10.5 Å². The van der Waals surface area contributed by atoms with Gasteiger partial charge in [-0.05, 0) is 86.6 Å². The van der Waals surface area contributed by atoms with Gasteiger partial charge < -0.3 is 10.4 Å². The number of aromatic carboxylic acids is 1. The summed E-state index contributed by atoms with van der Waals surface area (Å²) in [6.45, 7) is 3.55. The lowest BCUT2D eigenvalue weighted by molar-refractivity contribution is 0.0692. The van der Waals surface area contributed by atoms with Crippen molar-refractivity contribution in [1.82, 2.24) is 0 Å². The fraction of sp³-hybridized carbons (Fsp3) is 0.0667. The van der Waals surface area contributed by atoms with Crippen LogP contribution in [0.2, 0.25) is 0 Å². The quantitative estimate of drug-likeness (QED) is 0.324. The molecule has 1 aliphatic heterocycles. The van der Waals surface area contributed by atoms with E-state index in [2.05, 4.69) is 5.32 Å². The number of rotatable bonds is 6. The smallest absolute Gasteiger partial charge is 0.336 e. The molecule has 0 unspecified atom stereocenters. The lowest BCUT2D eigenvalue weighted by atomic mass is 10.0. The van der Waals surface area contributed by atoms with E-state index < -0.39 is 33.5 Å². The van der Waals surface area contributed by atoms with Crippen LogP contribution in [0.15, 0.2) is 94.7 Å². The maximum atomic E-state index is 13.2. The molecule has 4 aromatic rings. The van der Waals surface area contributed by atoms with Gasteiger partial charge in [0.15, 0.2) is 0 Å². The van der Waals surface area contributed by atoms with Crippen LogP contribution in [-0.2, 0) is 9.84 Å². The minimum Gasteiger partial charge on any atom is -0.478 e. The van der Waals surface area contributed by atoms with Crippen LogP contribution in [0.4, 0.5) is 11.4 Å². The van der Waals surface area contributed by atoms with Gasteiger partial charge in [0.25, 0.3) is 17.7 Å². The Morgan fingerprint density at radius 3 is 1.88 bits per heavy atom. The molecule has 0 spiro atoms. The van der Waals surface area contributed by atoms with Crippen LogP contribution in [0.25, 0.3) is 0 Å². The number of amides is 3. The third-order valence-corrected chi connectivity index (χ3v) is 8.31. The number of imide groups is 1. The van der Waals surface area contributed by atoms with Crippen molar-refractivity contribution < 1.29 is 32.7 Å². The van der Waals surface area contributed by atoms with E-state index in [1.165, 1.54) is 60.7 Å². The molecule has 1 aliphatic rings. The predicted molar refractivity (Wildman–Crippen MR) is 147 cm³/mol. The van der Waals surface area contributed by atoms with Crippen LogP contribution in [0, 0.1) is 13.8 Å². The van der Waals surface area contributed by atoms with Crippen molar-refractivity contribution in [2.75, 3.05) is 10.2 Å². The number of anilines is 2. The van der Waals surface area contributed by atoms with E-state index in [1.54, 1.807) is 31.2 Å². The van der Waals surface area contributed by atoms with Crippen molar-refractivity contribution in [1.29, 1.82) is 0 Å². The number of carboxylic acids is 1. The van der Waals surface area contributed by atoms with E-state index in [9.17, 15) is 32.7 Å². The second kappa shape index (κ2) is 9.90. The normalized spacial score (nSPS) is 12.8. The van der Waals surface area contributed by atoms with Crippen molar-refractivity contribution in [3.8, 4) is 0 Å². The fourth-order valence-corrected chi connectivity index (χ4v) is 5.71. The summed E-state index contributed by atoms with van der Waals surface area (Å²) in [6.07, 6.45) is 0. The number of carboxylic acid groups (broad SMARTS) is 1. The Balaban J connectivity index is 1.34.